The monoisotopic (exact) mass is 438 g/mol. The van der Waals surface area contributed by atoms with Crippen LogP contribution in [-0.2, 0) is 4.79 Å². The van der Waals surface area contributed by atoms with Crippen molar-refractivity contribution in [1.29, 1.82) is 0 Å². The Hall–Kier alpha value is -2.09. The molecule has 0 spiro atoms. The molecule has 5 nitrogen and oxygen atoms in total. The Kier molecular flexibility index (Phi) is 6.60. The lowest BCUT2D eigenvalue weighted by Gasteiger charge is -2.09. The van der Waals surface area contributed by atoms with Crippen molar-refractivity contribution in [3.05, 3.63) is 51.6 Å². The second kappa shape index (κ2) is 8.68. The number of benzene rings is 2. The third-order valence-electron chi connectivity index (χ3n) is 3.32. The van der Waals surface area contributed by atoms with Crippen molar-refractivity contribution in [2.45, 2.75) is 19.8 Å². The molecule has 0 fully saturated rings. The average Bonchev–Trinajstić information content (AvgIpc) is 2.56. The zero-order valence-corrected chi connectivity index (χ0v) is 15.7. The van der Waals surface area contributed by atoms with Gasteiger partial charge in [0.25, 0.3) is 5.91 Å². The molecule has 6 heteroatoms. The lowest BCUT2D eigenvalue weighted by atomic mass is 10.2. The molecule has 0 aliphatic rings. The summed E-state index contributed by atoms with van der Waals surface area (Å²) in [5.74, 6) is 0.528. The summed E-state index contributed by atoms with van der Waals surface area (Å²) in [6.45, 7) is 1.96. The second-order valence-electron chi connectivity index (χ2n) is 5.18. The maximum atomic E-state index is 12.3. The largest absolute Gasteiger partial charge is 0.496 e. The van der Waals surface area contributed by atoms with Crippen LogP contribution in [0.5, 0.6) is 5.75 Å². The maximum Gasteiger partial charge on any atom is 0.255 e. The van der Waals surface area contributed by atoms with Crippen molar-refractivity contribution in [3.63, 3.8) is 0 Å². The van der Waals surface area contributed by atoms with Crippen molar-refractivity contribution < 1.29 is 14.3 Å². The van der Waals surface area contributed by atoms with E-state index in [1.54, 1.807) is 49.6 Å². The van der Waals surface area contributed by atoms with E-state index in [-0.39, 0.29) is 11.8 Å². The molecule has 0 unspecified atom stereocenters. The van der Waals surface area contributed by atoms with Gasteiger partial charge in [-0.15, -0.1) is 0 Å². The topological polar surface area (TPSA) is 67.4 Å². The number of hydrogen-bond donors (Lipinski definition) is 2. The maximum absolute atomic E-state index is 12.3. The minimum Gasteiger partial charge on any atom is -0.496 e. The summed E-state index contributed by atoms with van der Waals surface area (Å²) < 4.78 is 6.06. The first-order valence-electron chi connectivity index (χ1n) is 7.58. The van der Waals surface area contributed by atoms with E-state index < -0.39 is 0 Å². The normalized spacial score (nSPS) is 10.1. The van der Waals surface area contributed by atoms with E-state index >= 15 is 0 Å². The number of nitrogens with one attached hydrogen (secondary N) is 2. The Balaban J connectivity index is 2.01. The quantitative estimate of drug-likeness (QED) is 0.662. The molecule has 24 heavy (non-hydrogen) atoms. The molecule has 2 amide bonds. The fraction of sp³-hybridized carbons (Fsp3) is 0.222. The molecule has 0 aliphatic carbocycles. The number of amides is 2. The van der Waals surface area contributed by atoms with E-state index in [9.17, 15) is 9.59 Å². The molecule has 2 aromatic rings. The van der Waals surface area contributed by atoms with Crippen LogP contribution in [0.15, 0.2) is 42.5 Å². The molecule has 0 bridgehead atoms. The van der Waals surface area contributed by atoms with Crippen molar-refractivity contribution >= 4 is 45.8 Å². The van der Waals surface area contributed by atoms with Crippen molar-refractivity contribution in [1.82, 2.24) is 0 Å². The Labute approximate surface area is 154 Å². The molecule has 126 valence electrons. The lowest BCUT2D eigenvalue weighted by Crippen LogP contribution is -2.13. The van der Waals surface area contributed by atoms with E-state index in [1.165, 1.54) is 0 Å². The lowest BCUT2D eigenvalue weighted by molar-refractivity contribution is -0.116. The summed E-state index contributed by atoms with van der Waals surface area (Å²) in [6, 6.07) is 12.3. The van der Waals surface area contributed by atoms with Gasteiger partial charge in [0.15, 0.2) is 0 Å². The van der Waals surface area contributed by atoms with E-state index in [0.29, 0.717) is 23.4 Å². The van der Waals surface area contributed by atoms with E-state index in [2.05, 4.69) is 33.2 Å². The Bertz CT molecular complexity index is 730. The molecular formula is C18H19IN2O3. The van der Waals surface area contributed by atoms with Crippen LogP contribution in [0.3, 0.4) is 0 Å². The highest BCUT2D eigenvalue weighted by molar-refractivity contribution is 14.1. The summed E-state index contributed by atoms with van der Waals surface area (Å²) >= 11 is 2.13. The molecule has 0 atom stereocenters. The van der Waals surface area contributed by atoms with Gasteiger partial charge in [0.1, 0.15) is 5.75 Å². The van der Waals surface area contributed by atoms with Gasteiger partial charge in [-0.2, -0.15) is 0 Å². The number of carbonyl (C=O) groups excluding carboxylic acids is 2. The summed E-state index contributed by atoms with van der Waals surface area (Å²) in [5, 5.41) is 5.64. The van der Waals surface area contributed by atoms with Gasteiger partial charge in [-0.3, -0.25) is 9.59 Å². The van der Waals surface area contributed by atoms with Gasteiger partial charge in [-0.1, -0.05) is 6.92 Å². The van der Waals surface area contributed by atoms with Crippen molar-refractivity contribution in [3.8, 4) is 5.75 Å². The second-order valence-corrected chi connectivity index (χ2v) is 6.34. The SMILES string of the molecule is CCCC(=O)Nc1ccc(NC(=O)c2ccc(OC)c(I)c2)cc1. The summed E-state index contributed by atoms with van der Waals surface area (Å²) in [7, 11) is 1.60. The standard InChI is InChI=1S/C18H19IN2O3/c1-3-4-17(22)20-13-6-8-14(9-7-13)21-18(23)12-5-10-16(24-2)15(19)11-12/h5-11H,3-4H2,1-2H3,(H,20,22)(H,21,23). The van der Waals surface area contributed by atoms with Crippen LogP contribution in [0.2, 0.25) is 0 Å². The third kappa shape index (κ3) is 4.95. The van der Waals surface area contributed by atoms with Crippen LogP contribution in [0.1, 0.15) is 30.1 Å². The fourth-order valence-corrected chi connectivity index (χ4v) is 2.83. The number of halogens is 1. The molecule has 0 aromatic heterocycles. The molecule has 2 N–H and O–H groups in total. The first-order valence-corrected chi connectivity index (χ1v) is 8.66. The number of hydrogen-bond acceptors (Lipinski definition) is 3. The summed E-state index contributed by atoms with van der Waals surface area (Å²) in [4.78, 5) is 23.8. The Morgan fingerprint density at radius 3 is 2.21 bits per heavy atom. The van der Waals surface area contributed by atoms with Gasteiger partial charge in [-0.25, -0.2) is 0 Å². The van der Waals surface area contributed by atoms with Gasteiger partial charge >= 0.3 is 0 Å². The first kappa shape index (κ1) is 18.3. The van der Waals surface area contributed by atoms with Crippen LogP contribution in [-0.4, -0.2) is 18.9 Å². The van der Waals surface area contributed by atoms with E-state index in [1.807, 2.05) is 6.92 Å². The zero-order valence-electron chi connectivity index (χ0n) is 13.6. The van der Waals surface area contributed by atoms with Crippen LogP contribution in [0.25, 0.3) is 0 Å². The van der Waals surface area contributed by atoms with E-state index in [0.717, 1.165) is 15.7 Å². The predicted octanol–water partition coefficient (Wildman–Crippen LogP) is 4.29. The highest BCUT2D eigenvalue weighted by Crippen LogP contribution is 2.22. The highest BCUT2D eigenvalue weighted by atomic mass is 127. The third-order valence-corrected chi connectivity index (χ3v) is 4.16. The van der Waals surface area contributed by atoms with Gasteiger partial charge in [0.2, 0.25) is 5.91 Å². The molecule has 2 rings (SSSR count). The van der Waals surface area contributed by atoms with Gasteiger partial charge in [0.05, 0.1) is 10.7 Å². The number of ether oxygens (including phenoxy) is 1. The van der Waals surface area contributed by atoms with E-state index in [4.69, 9.17) is 4.74 Å². The number of anilines is 2. The molecule has 0 saturated carbocycles. The van der Waals surface area contributed by atoms with Crippen LogP contribution in [0, 0.1) is 3.57 Å². The smallest absolute Gasteiger partial charge is 0.255 e. The molecule has 0 aliphatic heterocycles. The van der Waals surface area contributed by atoms with Crippen LogP contribution >= 0.6 is 22.6 Å². The first-order chi connectivity index (χ1) is 11.5. The molecular weight excluding hydrogens is 419 g/mol. The molecule has 2 aromatic carbocycles. The minimum atomic E-state index is -0.196. The number of methoxy groups -OCH3 is 1. The fourth-order valence-electron chi connectivity index (χ4n) is 2.10. The Morgan fingerprint density at radius 1 is 1.04 bits per heavy atom. The number of rotatable bonds is 6. The molecule has 0 heterocycles. The molecule has 0 radical (unpaired) electrons. The molecule has 0 saturated heterocycles. The Morgan fingerprint density at radius 2 is 1.67 bits per heavy atom. The van der Waals surface area contributed by atoms with Gasteiger partial charge < -0.3 is 15.4 Å². The van der Waals surface area contributed by atoms with Crippen molar-refractivity contribution in [2.75, 3.05) is 17.7 Å². The number of carbonyl (C=O) groups is 2. The highest BCUT2D eigenvalue weighted by Gasteiger charge is 2.09. The average molecular weight is 438 g/mol. The van der Waals surface area contributed by atoms with Crippen LogP contribution in [0.4, 0.5) is 11.4 Å². The minimum absolute atomic E-state index is 0.0120. The van der Waals surface area contributed by atoms with Gasteiger partial charge in [0, 0.05) is 23.4 Å². The predicted molar refractivity (Wildman–Crippen MR) is 104 cm³/mol. The zero-order chi connectivity index (χ0) is 17.5. The van der Waals surface area contributed by atoms with Crippen molar-refractivity contribution in [2.24, 2.45) is 0 Å². The summed E-state index contributed by atoms with van der Waals surface area (Å²) in [5.41, 5.74) is 1.94. The van der Waals surface area contributed by atoms with Gasteiger partial charge in [-0.05, 0) is 71.5 Å². The summed E-state index contributed by atoms with van der Waals surface area (Å²) in [6.07, 6.45) is 1.30. The van der Waals surface area contributed by atoms with Crippen LogP contribution < -0.4 is 15.4 Å².